The standard InChI is InChI=1S/C15H22N6O2/c1-2-3-10-23-15-12(6-5-9-16-15)11-17-14(22)8-4-7-13-18-20-21-19-13/h5-6,9H,2-4,7-8,10-11H2,1H3,(H,17,22)(H,18,19,20,21). The number of hydrogen-bond donors (Lipinski definition) is 2. The van der Waals surface area contributed by atoms with E-state index in [9.17, 15) is 4.79 Å². The van der Waals surface area contributed by atoms with E-state index >= 15 is 0 Å². The first-order valence-corrected chi connectivity index (χ1v) is 7.85. The number of nitrogens with zero attached hydrogens (tertiary/aromatic N) is 4. The summed E-state index contributed by atoms with van der Waals surface area (Å²) in [6.07, 6.45) is 5.47. The van der Waals surface area contributed by atoms with E-state index in [0.29, 0.717) is 44.1 Å². The van der Waals surface area contributed by atoms with Crippen LogP contribution in [0.2, 0.25) is 0 Å². The van der Waals surface area contributed by atoms with Crippen molar-refractivity contribution in [3.63, 3.8) is 0 Å². The summed E-state index contributed by atoms with van der Waals surface area (Å²) in [4.78, 5) is 16.1. The van der Waals surface area contributed by atoms with Crippen molar-refractivity contribution in [3.05, 3.63) is 29.7 Å². The van der Waals surface area contributed by atoms with Crippen molar-refractivity contribution >= 4 is 5.91 Å². The van der Waals surface area contributed by atoms with E-state index in [0.717, 1.165) is 18.4 Å². The molecular formula is C15H22N6O2. The van der Waals surface area contributed by atoms with Crippen LogP contribution >= 0.6 is 0 Å². The Labute approximate surface area is 135 Å². The monoisotopic (exact) mass is 318 g/mol. The lowest BCUT2D eigenvalue weighted by molar-refractivity contribution is -0.121. The van der Waals surface area contributed by atoms with Crippen molar-refractivity contribution in [1.29, 1.82) is 0 Å². The molecule has 0 spiro atoms. The average molecular weight is 318 g/mol. The van der Waals surface area contributed by atoms with Gasteiger partial charge in [0.05, 0.1) is 6.61 Å². The van der Waals surface area contributed by atoms with Gasteiger partial charge in [-0.1, -0.05) is 24.6 Å². The lowest BCUT2D eigenvalue weighted by Crippen LogP contribution is -2.23. The molecule has 0 aromatic carbocycles. The smallest absolute Gasteiger partial charge is 0.220 e. The fourth-order valence-electron chi connectivity index (χ4n) is 1.98. The van der Waals surface area contributed by atoms with Crippen LogP contribution in [0.25, 0.3) is 0 Å². The first-order valence-electron chi connectivity index (χ1n) is 7.85. The molecule has 1 amide bonds. The molecule has 0 unspecified atom stereocenters. The molecule has 2 rings (SSSR count). The first kappa shape index (κ1) is 16.9. The molecule has 8 heteroatoms. The van der Waals surface area contributed by atoms with Gasteiger partial charge in [0.1, 0.15) is 0 Å². The van der Waals surface area contributed by atoms with Crippen LogP contribution < -0.4 is 10.1 Å². The highest BCUT2D eigenvalue weighted by atomic mass is 16.5. The van der Waals surface area contributed by atoms with Crippen molar-refractivity contribution in [2.45, 2.75) is 45.6 Å². The van der Waals surface area contributed by atoms with Gasteiger partial charge in [0, 0.05) is 31.1 Å². The largest absolute Gasteiger partial charge is 0.477 e. The lowest BCUT2D eigenvalue weighted by Gasteiger charge is -2.10. The zero-order valence-corrected chi connectivity index (χ0v) is 13.3. The molecule has 0 fully saturated rings. The van der Waals surface area contributed by atoms with Gasteiger partial charge in [0.25, 0.3) is 0 Å². The fraction of sp³-hybridized carbons (Fsp3) is 0.533. The summed E-state index contributed by atoms with van der Waals surface area (Å²) in [5.74, 6) is 1.20. The highest BCUT2D eigenvalue weighted by Crippen LogP contribution is 2.14. The zero-order valence-electron chi connectivity index (χ0n) is 13.3. The van der Waals surface area contributed by atoms with Gasteiger partial charge < -0.3 is 10.1 Å². The predicted octanol–water partition coefficient (Wildman–Crippen LogP) is 1.41. The van der Waals surface area contributed by atoms with Crippen molar-refractivity contribution in [2.24, 2.45) is 0 Å². The highest BCUT2D eigenvalue weighted by molar-refractivity contribution is 5.75. The third-order valence-corrected chi connectivity index (χ3v) is 3.26. The first-order chi connectivity index (χ1) is 11.3. The highest BCUT2D eigenvalue weighted by Gasteiger charge is 2.08. The number of pyridine rings is 1. The van der Waals surface area contributed by atoms with Crippen LogP contribution in [0.15, 0.2) is 18.3 Å². The minimum Gasteiger partial charge on any atom is -0.477 e. The number of aryl methyl sites for hydroxylation is 1. The van der Waals surface area contributed by atoms with Gasteiger partial charge in [0.15, 0.2) is 5.82 Å². The maximum absolute atomic E-state index is 11.9. The summed E-state index contributed by atoms with van der Waals surface area (Å²) >= 11 is 0. The summed E-state index contributed by atoms with van der Waals surface area (Å²) in [6, 6.07) is 3.75. The van der Waals surface area contributed by atoms with E-state index in [2.05, 4.69) is 37.8 Å². The van der Waals surface area contributed by atoms with Crippen LogP contribution in [-0.2, 0) is 17.8 Å². The molecule has 8 nitrogen and oxygen atoms in total. The number of H-pyrrole nitrogens is 1. The van der Waals surface area contributed by atoms with Crippen molar-refractivity contribution in [2.75, 3.05) is 6.61 Å². The number of hydrogen-bond acceptors (Lipinski definition) is 6. The maximum atomic E-state index is 11.9. The fourth-order valence-corrected chi connectivity index (χ4v) is 1.98. The Balaban J connectivity index is 1.72. The van der Waals surface area contributed by atoms with Gasteiger partial charge in [-0.05, 0) is 18.9 Å². The number of rotatable bonds is 10. The topological polar surface area (TPSA) is 106 Å². The number of nitrogens with one attached hydrogen (secondary N) is 2. The lowest BCUT2D eigenvalue weighted by atomic mass is 10.2. The van der Waals surface area contributed by atoms with Gasteiger partial charge in [0.2, 0.25) is 11.8 Å². The summed E-state index contributed by atoms with van der Waals surface area (Å²) in [7, 11) is 0. The summed E-state index contributed by atoms with van der Waals surface area (Å²) < 4.78 is 5.65. The molecular weight excluding hydrogens is 296 g/mol. The molecule has 0 bridgehead atoms. The Morgan fingerprint density at radius 2 is 2.30 bits per heavy atom. The third-order valence-electron chi connectivity index (χ3n) is 3.26. The van der Waals surface area contributed by atoms with Gasteiger partial charge in [-0.25, -0.2) is 4.98 Å². The Morgan fingerprint density at radius 3 is 3.09 bits per heavy atom. The predicted molar refractivity (Wildman–Crippen MR) is 83.6 cm³/mol. The molecule has 0 aliphatic carbocycles. The molecule has 0 radical (unpaired) electrons. The van der Waals surface area contributed by atoms with E-state index in [1.54, 1.807) is 6.20 Å². The number of tetrazole rings is 1. The number of carbonyl (C=O) groups excluding carboxylic acids is 1. The summed E-state index contributed by atoms with van der Waals surface area (Å²) in [6.45, 7) is 3.16. The normalized spacial score (nSPS) is 10.5. The average Bonchev–Trinajstić information content (AvgIpc) is 3.07. The van der Waals surface area contributed by atoms with Crippen molar-refractivity contribution in [3.8, 4) is 5.88 Å². The SMILES string of the molecule is CCCCOc1ncccc1CNC(=O)CCCc1nn[nH]n1. The quantitative estimate of drug-likeness (QED) is 0.642. The van der Waals surface area contributed by atoms with E-state index < -0.39 is 0 Å². The van der Waals surface area contributed by atoms with Gasteiger partial charge in [-0.15, -0.1) is 10.2 Å². The number of carbonyl (C=O) groups is 1. The van der Waals surface area contributed by atoms with E-state index in [4.69, 9.17) is 4.74 Å². The number of aromatic amines is 1. The number of ether oxygens (including phenoxy) is 1. The molecule has 2 aromatic heterocycles. The van der Waals surface area contributed by atoms with Crippen LogP contribution in [-0.4, -0.2) is 38.1 Å². The van der Waals surface area contributed by atoms with Crippen LogP contribution in [0, 0.1) is 0 Å². The van der Waals surface area contributed by atoms with E-state index in [1.807, 2.05) is 12.1 Å². The zero-order chi connectivity index (χ0) is 16.3. The molecule has 0 aliphatic heterocycles. The van der Waals surface area contributed by atoms with Crippen molar-refractivity contribution < 1.29 is 9.53 Å². The Kier molecular flexibility index (Phi) is 6.96. The molecule has 23 heavy (non-hydrogen) atoms. The molecule has 0 atom stereocenters. The summed E-state index contributed by atoms with van der Waals surface area (Å²) in [5, 5.41) is 16.5. The second-order valence-electron chi connectivity index (χ2n) is 5.13. The minimum absolute atomic E-state index is 0.0168. The van der Waals surface area contributed by atoms with Crippen molar-refractivity contribution in [1.82, 2.24) is 30.9 Å². The van der Waals surface area contributed by atoms with E-state index in [1.165, 1.54) is 0 Å². The Hall–Kier alpha value is -2.51. The van der Waals surface area contributed by atoms with Crippen LogP contribution in [0.1, 0.15) is 44.0 Å². The van der Waals surface area contributed by atoms with E-state index in [-0.39, 0.29) is 5.91 Å². The second kappa shape index (κ2) is 9.50. The summed E-state index contributed by atoms with van der Waals surface area (Å²) in [5.41, 5.74) is 0.884. The van der Waals surface area contributed by atoms with Gasteiger partial charge >= 0.3 is 0 Å². The third kappa shape index (κ3) is 6.01. The minimum atomic E-state index is -0.0168. The number of unbranched alkanes of at least 4 members (excludes halogenated alkanes) is 1. The Bertz CT molecular complexity index is 587. The second-order valence-corrected chi connectivity index (χ2v) is 5.13. The van der Waals surface area contributed by atoms with Crippen LogP contribution in [0.5, 0.6) is 5.88 Å². The number of aromatic nitrogens is 5. The molecule has 0 saturated heterocycles. The number of amides is 1. The molecule has 2 heterocycles. The van der Waals surface area contributed by atoms with Gasteiger partial charge in [-0.3, -0.25) is 4.79 Å². The maximum Gasteiger partial charge on any atom is 0.220 e. The Morgan fingerprint density at radius 1 is 1.39 bits per heavy atom. The molecule has 124 valence electrons. The van der Waals surface area contributed by atoms with Crippen LogP contribution in [0.4, 0.5) is 0 Å². The molecule has 2 aromatic rings. The van der Waals surface area contributed by atoms with Crippen LogP contribution in [0.3, 0.4) is 0 Å². The molecule has 0 aliphatic rings. The molecule has 2 N–H and O–H groups in total. The molecule has 0 saturated carbocycles. The van der Waals surface area contributed by atoms with Gasteiger partial charge in [-0.2, -0.15) is 5.21 Å².